The number of hydrogen-bond donors (Lipinski definition) is 0. The number of ketones is 1. The standard InChI is InChI=1S/C11H10BrF3O2/c1-3-17-8-5-4-7(6(2)16)9(10(8)12)11(13,14)15/h4-5H,3H2,1-2H3. The lowest BCUT2D eigenvalue weighted by Crippen LogP contribution is -2.13. The minimum Gasteiger partial charge on any atom is -0.493 e. The summed E-state index contributed by atoms with van der Waals surface area (Å²) in [5.41, 5.74) is -1.36. The Morgan fingerprint density at radius 3 is 2.41 bits per heavy atom. The van der Waals surface area contributed by atoms with E-state index in [9.17, 15) is 18.0 Å². The Morgan fingerprint density at radius 2 is 2.00 bits per heavy atom. The molecule has 0 unspecified atom stereocenters. The van der Waals surface area contributed by atoms with Crippen molar-refractivity contribution in [3.63, 3.8) is 0 Å². The number of carbonyl (C=O) groups is 1. The minimum atomic E-state index is -4.60. The van der Waals surface area contributed by atoms with Crippen LogP contribution in [0, 0.1) is 0 Å². The fraction of sp³-hybridized carbons (Fsp3) is 0.364. The topological polar surface area (TPSA) is 26.3 Å². The average molecular weight is 311 g/mol. The number of alkyl halides is 3. The van der Waals surface area contributed by atoms with Gasteiger partial charge in [0.1, 0.15) is 5.75 Å². The van der Waals surface area contributed by atoms with E-state index in [0.29, 0.717) is 0 Å². The molecule has 1 rings (SSSR count). The molecule has 0 bridgehead atoms. The summed E-state index contributed by atoms with van der Waals surface area (Å²) in [7, 11) is 0. The lowest BCUT2D eigenvalue weighted by atomic mass is 10.0. The molecule has 0 saturated carbocycles. The molecule has 0 aliphatic carbocycles. The van der Waals surface area contributed by atoms with Gasteiger partial charge < -0.3 is 4.74 Å². The second kappa shape index (κ2) is 5.08. The van der Waals surface area contributed by atoms with Crippen LogP contribution in [0.25, 0.3) is 0 Å². The predicted octanol–water partition coefficient (Wildman–Crippen LogP) is 4.07. The second-order valence-electron chi connectivity index (χ2n) is 3.29. The van der Waals surface area contributed by atoms with Crippen LogP contribution < -0.4 is 4.74 Å². The Hall–Kier alpha value is -1.04. The van der Waals surface area contributed by atoms with E-state index in [1.807, 2.05) is 0 Å². The molecule has 0 amide bonds. The van der Waals surface area contributed by atoms with Gasteiger partial charge in [0.25, 0.3) is 0 Å². The zero-order valence-corrected chi connectivity index (χ0v) is 10.8. The number of carbonyl (C=O) groups excluding carboxylic acids is 1. The van der Waals surface area contributed by atoms with Crippen LogP contribution in [0.5, 0.6) is 5.75 Å². The first-order chi connectivity index (χ1) is 7.79. The van der Waals surface area contributed by atoms with Crippen LogP contribution in [0.2, 0.25) is 0 Å². The molecular formula is C11H10BrF3O2. The zero-order valence-electron chi connectivity index (χ0n) is 9.19. The van der Waals surface area contributed by atoms with Gasteiger partial charge in [0.05, 0.1) is 16.6 Å². The molecule has 0 atom stereocenters. The fourth-order valence-corrected chi connectivity index (χ4v) is 2.08. The second-order valence-corrected chi connectivity index (χ2v) is 4.08. The summed E-state index contributed by atoms with van der Waals surface area (Å²) < 4.78 is 43.4. The highest BCUT2D eigenvalue weighted by Gasteiger charge is 2.38. The van der Waals surface area contributed by atoms with E-state index in [0.717, 1.165) is 13.0 Å². The Bertz CT molecular complexity index is 441. The Balaban J connectivity index is 3.48. The van der Waals surface area contributed by atoms with Crippen molar-refractivity contribution in [3.8, 4) is 5.75 Å². The van der Waals surface area contributed by atoms with Crippen LogP contribution in [-0.2, 0) is 6.18 Å². The molecule has 0 fully saturated rings. The van der Waals surface area contributed by atoms with Crippen molar-refractivity contribution >= 4 is 21.7 Å². The maximum atomic E-state index is 12.9. The summed E-state index contributed by atoms with van der Waals surface area (Å²) in [6, 6.07) is 2.47. The molecule has 6 heteroatoms. The third kappa shape index (κ3) is 3.00. The first-order valence-corrected chi connectivity index (χ1v) is 5.61. The van der Waals surface area contributed by atoms with Gasteiger partial charge in [0, 0.05) is 5.56 Å². The van der Waals surface area contributed by atoms with Crippen LogP contribution in [0.3, 0.4) is 0 Å². The van der Waals surface area contributed by atoms with Gasteiger partial charge in [-0.05, 0) is 41.9 Å². The number of benzene rings is 1. The normalized spacial score (nSPS) is 11.4. The van der Waals surface area contributed by atoms with E-state index >= 15 is 0 Å². The predicted molar refractivity (Wildman–Crippen MR) is 60.3 cm³/mol. The van der Waals surface area contributed by atoms with Crippen LogP contribution in [0.15, 0.2) is 16.6 Å². The first kappa shape index (κ1) is 14.0. The van der Waals surface area contributed by atoms with Crippen molar-refractivity contribution in [1.29, 1.82) is 0 Å². The van der Waals surface area contributed by atoms with Gasteiger partial charge in [-0.25, -0.2) is 0 Å². The summed E-state index contributed by atoms with van der Waals surface area (Å²) in [5.74, 6) is -0.564. The number of hydrogen-bond acceptors (Lipinski definition) is 2. The monoisotopic (exact) mass is 310 g/mol. The van der Waals surface area contributed by atoms with Gasteiger partial charge in [-0.2, -0.15) is 13.2 Å². The Kier molecular flexibility index (Phi) is 4.19. The third-order valence-electron chi connectivity index (χ3n) is 2.07. The Morgan fingerprint density at radius 1 is 1.41 bits per heavy atom. The van der Waals surface area contributed by atoms with Gasteiger partial charge in [-0.15, -0.1) is 0 Å². The van der Waals surface area contributed by atoms with Gasteiger partial charge in [0.15, 0.2) is 5.78 Å². The average Bonchev–Trinajstić information content (AvgIpc) is 2.18. The summed E-state index contributed by atoms with van der Waals surface area (Å²) in [6.07, 6.45) is -4.60. The van der Waals surface area contributed by atoms with Gasteiger partial charge in [-0.1, -0.05) is 0 Å². The maximum Gasteiger partial charge on any atom is 0.418 e. The van der Waals surface area contributed by atoms with Crippen molar-refractivity contribution < 1.29 is 22.7 Å². The molecule has 94 valence electrons. The van der Waals surface area contributed by atoms with Crippen LogP contribution in [-0.4, -0.2) is 12.4 Å². The van der Waals surface area contributed by atoms with Gasteiger partial charge in [-0.3, -0.25) is 4.79 Å². The molecule has 1 aromatic carbocycles. The summed E-state index contributed by atoms with van der Waals surface area (Å²) in [4.78, 5) is 11.2. The van der Waals surface area contributed by atoms with Crippen molar-refractivity contribution in [3.05, 3.63) is 27.7 Å². The molecule has 0 N–H and O–H groups in total. The largest absolute Gasteiger partial charge is 0.493 e. The van der Waals surface area contributed by atoms with Gasteiger partial charge >= 0.3 is 6.18 Å². The SMILES string of the molecule is CCOc1ccc(C(C)=O)c(C(F)(F)F)c1Br. The number of Topliss-reactive ketones (excluding diaryl/α,β-unsaturated/α-hetero) is 1. The molecule has 0 radical (unpaired) electrons. The minimum absolute atomic E-state index is 0.0739. The molecule has 0 spiro atoms. The smallest absolute Gasteiger partial charge is 0.418 e. The van der Waals surface area contributed by atoms with Gasteiger partial charge in [0.2, 0.25) is 0 Å². The van der Waals surface area contributed by atoms with E-state index in [2.05, 4.69) is 15.9 Å². The number of rotatable bonds is 3. The van der Waals surface area contributed by atoms with Crippen molar-refractivity contribution in [2.75, 3.05) is 6.61 Å². The number of halogens is 4. The summed E-state index contributed by atoms with van der Waals surface area (Å²) >= 11 is 2.84. The van der Waals surface area contributed by atoms with E-state index < -0.39 is 17.5 Å². The highest BCUT2D eigenvalue weighted by atomic mass is 79.9. The summed E-state index contributed by atoms with van der Waals surface area (Å²) in [6.45, 7) is 3.01. The first-order valence-electron chi connectivity index (χ1n) is 4.82. The molecule has 0 aromatic heterocycles. The number of ether oxygens (including phenoxy) is 1. The van der Waals surface area contributed by atoms with Crippen LogP contribution in [0.4, 0.5) is 13.2 Å². The van der Waals surface area contributed by atoms with E-state index in [4.69, 9.17) is 4.74 Å². The molecule has 0 aliphatic heterocycles. The quantitative estimate of drug-likeness (QED) is 0.787. The summed E-state index contributed by atoms with van der Waals surface area (Å²) in [5, 5.41) is 0. The van der Waals surface area contributed by atoms with Crippen molar-refractivity contribution in [1.82, 2.24) is 0 Å². The molecule has 1 aromatic rings. The fourth-order valence-electron chi connectivity index (χ4n) is 1.39. The molecule has 2 nitrogen and oxygen atoms in total. The van der Waals surface area contributed by atoms with E-state index in [-0.39, 0.29) is 22.4 Å². The van der Waals surface area contributed by atoms with Crippen LogP contribution >= 0.6 is 15.9 Å². The highest BCUT2D eigenvalue weighted by molar-refractivity contribution is 9.10. The zero-order chi connectivity index (χ0) is 13.2. The highest BCUT2D eigenvalue weighted by Crippen LogP contribution is 2.42. The van der Waals surface area contributed by atoms with Crippen LogP contribution in [0.1, 0.15) is 29.8 Å². The maximum absolute atomic E-state index is 12.9. The molecule has 17 heavy (non-hydrogen) atoms. The van der Waals surface area contributed by atoms with E-state index in [1.165, 1.54) is 6.07 Å². The van der Waals surface area contributed by atoms with Crippen molar-refractivity contribution in [2.24, 2.45) is 0 Å². The lowest BCUT2D eigenvalue weighted by Gasteiger charge is -2.16. The molecule has 0 aliphatic rings. The molecule has 0 heterocycles. The Labute approximate surface area is 105 Å². The third-order valence-corrected chi connectivity index (χ3v) is 2.86. The molecule has 0 saturated heterocycles. The lowest BCUT2D eigenvalue weighted by molar-refractivity contribution is -0.138. The molecular weight excluding hydrogens is 301 g/mol. The van der Waals surface area contributed by atoms with E-state index in [1.54, 1.807) is 6.92 Å². The van der Waals surface area contributed by atoms with Crippen molar-refractivity contribution in [2.45, 2.75) is 20.0 Å².